The number of carbonyl (C=O) groups excluding carboxylic acids is 1. The number of amides is 2. The summed E-state index contributed by atoms with van der Waals surface area (Å²) in [6, 6.07) is 30.6. The predicted octanol–water partition coefficient (Wildman–Crippen LogP) is 7.92. The number of urea groups is 1. The van der Waals surface area contributed by atoms with Crippen LogP contribution in [0.15, 0.2) is 102 Å². The molecule has 1 fully saturated rings. The average Bonchev–Trinajstić information content (AvgIpc) is 3.46. The third-order valence-electron chi connectivity index (χ3n) is 8.65. The van der Waals surface area contributed by atoms with Crippen LogP contribution in [0.2, 0.25) is 0 Å². The second-order valence-corrected chi connectivity index (χ2v) is 15.1. The van der Waals surface area contributed by atoms with Crippen molar-refractivity contribution in [3.05, 3.63) is 114 Å². The summed E-state index contributed by atoms with van der Waals surface area (Å²) in [5.41, 5.74) is 4.51. The number of sulfonamides is 1. The smallest absolute Gasteiger partial charge is 0.308 e. The quantitative estimate of drug-likeness (QED) is 0.190. The van der Waals surface area contributed by atoms with E-state index in [0.29, 0.717) is 35.4 Å². The van der Waals surface area contributed by atoms with Gasteiger partial charge < -0.3 is 5.32 Å². The van der Waals surface area contributed by atoms with Crippen molar-refractivity contribution in [1.82, 2.24) is 14.1 Å². The molecule has 0 saturated carbocycles. The molecule has 2 amide bonds. The first-order valence-corrected chi connectivity index (χ1v) is 17.2. The van der Waals surface area contributed by atoms with Gasteiger partial charge in [0.2, 0.25) is 10.0 Å². The molecule has 0 atom stereocenters. The Morgan fingerprint density at radius 3 is 2.30 bits per heavy atom. The van der Waals surface area contributed by atoms with E-state index in [-0.39, 0.29) is 11.4 Å². The summed E-state index contributed by atoms with van der Waals surface area (Å²) in [7, 11) is -3.59. The van der Waals surface area contributed by atoms with Crippen molar-refractivity contribution in [3.8, 4) is 5.69 Å². The molecule has 238 valence electrons. The third kappa shape index (κ3) is 6.85. The molecule has 1 aromatic heterocycles. The maximum atomic E-state index is 13.6. The fraction of sp³-hybridized carbons (Fsp3) is 0.297. The van der Waals surface area contributed by atoms with Crippen LogP contribution in [0.25, 0.3) is 16.5 Å². The summed E-state index contributed by atoms with van der Waals surface area (Å²) >= 11 is 0. The van der Waals surface area contributed by atoms with Crippen LogP contribution in [-0.4, -0.2) is 41.6 Å². The number of hydrogen-bond acceptors (Lipinski definition) is 4. The number of aromatic nitrogens is 2. The van der Waals surface area contributed by atoms with Gasteiger partial charge in [0, 0.05) is 35.6 Å². The fourth-order valence-corrected chi connectivity index (χ4v) is 7.71. The monoisotopic (exact) mass is 635 g/mol. The first-order valence-electron chi connectivity index (χ1n) is 15.8. The largest absolute Gasteiger partial charge is 0.324 e. The molecular weight excluding hydrogens is 595 g/mol. The van der Waals surface area contributed by atoms with Gasteiger partial charge in [-0.25, -0.2) is 17.9 Å². The highest BCUT2D eigenvalue weighted by molar-refractivity contribution is 7.89. The zero-order valence-electron chi connectivity index (χ0n) is 26.8. The van der Waals surface area contributed by atoms with Gasteiger partial charge in [-0.1, -0.05) is 87.0 Å². The molecule has 0 unspecified atom stereocenters. The molecule has 0 bridgehead atoms. The number of rotatable bonds is 7. The van der Waals surface area contributed by atoms with E-state index in [9.17, 15) is 13.2 Å². The topological polar surface area (TPSA) is 96.3 Å². The molecule has 6 rings (SSSR count). The zero-order chi connectivity index (χ0) is 32.5. The lowest BCUT2D eigenvalue weighted by atomic mass is 9.91. The second-order valence-electron chi connectivity index (χ2n) is 13.2. The summed E-state index contributed by atoms with van der Waals surface area (Å²) in [5, 5.41) is 12.5. The lowest BCUT2D eigenvalue weighted by Crippen LogP contribution is -2.38. The van der Waals surface area contributed by atoms with Crippen molar-refractivity contribution in [3.63, 3.8) is 0 Å². The van der Waals surface area contributed by atoms with Crippen LogP contribution in [0.4, 0.5) is 16.3 Å². The summed E-state index contributed by atoms with van der Waals surface area (Å²) in [6.45, 7) is 9.30. The summed E-state index contributed by atoms with van der Waals surface area (Å²) < 4.78 is 30.6. The Morgan fingerprint density at radius 1 is 0.870 bits per heavy atom. The number of anilines is 2. The minimum Gasteiger partial charge on any atom is -0.308 e. The number of piperidine rings is 1. The molecular formula is C37H41N5O3S. The molecule has 0 radical (unpaired) electrons. The van der Waals surface area contributed by atoms with Crippen LogP contribution in [0.5, 0.6) is 0 Å². The van der Waals surface area contributed by atoms with E-state index in [4.69, 9.17) is 5.10 Å². The van der Waals surface area contributed by atoms with Gasteiger partial charge >= 0.3 is 6.03 Å². The molecule has 2 N–H and O–H groups in total. The van der Waals surface area contributed by atoms with Crippen LogP contribution in [-0.2, 0) is 21.9 Å². The van der Waals surface area contributed by atoms with Gasteiger partial charge in [-0.05, 0) is 73.4 Å². The third-order valence-corrected chi connectivity index (χ3v) is 10.6. The van der Waals surface area contributed by atoms with E-state index in [0.717, 1.165) is 52.5 Å². The average molecular weight is 636 g/mol. The number of carbonyl (C=O) groups is 1. The van der Waals surface area contributed by atoms with E-state index < -0.39 is 10.0 Å². The number of fused-ring (bicyclic) bond motifs is 1. The molecule has 0 spiro atoms. The zero-order valence-corrected chi connectivity index (χ0v) is 27.6. The van der Waals surface area contributed by atoms with Crippen molar-refractivity contribution in [2.75, 3.05) is 23.7 Å². The maximum Gasteiger partial charge on any atom is 0.324 e. The Kier molecular flexibility index (Phi) is 8.72. The number of nitrogens with zero attached hydrogens (tertiary/aromatic N) is 3. The van der Waals surface area contributed by atoms with E-state index in [2.05, 4.69) is 37.5 Å². The van der Waals surface area contributed by atoms with Crippen molar-refractivity contribution in [2.45, 2.75) is 57.3 Å². The van der Waals surface area contributed by atoms with Crippen LogP contribution < -0.4 is 10.6 Å². The molecule has 0 aliphatic carbocycles. The van der Waals surface area contributed by atoms with Crippen LogP contribution >= 0.6 is 0 Å². The normalized spacial score (nSPS) is 14.8. The number of benzene rings is 4. The molecule has 1 aliphatic rings. The molecule has 1 saturated heterocycles. The minimum absolute atomic E-state index is 0.187. The highest BCUT2D eigenvalue weighted by Gasteiger charge is 2.30. The SMILES string of the molecule is Cc1ccc(-n2nc(C(C)(C)C)cc2NC(=O)Nc2cccc(CC3CCN(S(=O)(=O)c4cccc5ccccc45)CC3)c2)cc1. The Hall–Kier alpha value is -4.47. The van der Waals surface area contributed by atoms with Gasteiger partial charge in [0.25, 0.3) is 0 Å². The first kappa shape index (κ1) is 31.5. The molecule has 2 heterocycles. The van der Waals surface area contributed by atoms with Crippen LogP contribution in [0, 0.1) is 12.8 Å². The van der Waals surface area contributed by atoms with Crippen LogP contribution in [0.3, 0.4) is 0 Å². The Morgan fingerprint density at radius 2 is 1.57 bits per heavy atom. The van der Waals surface area contributed by atoms with Gasteiger partial charge in [-0.2, -0.15) is 9.40 Å². The van der Waals surface area contributed by atoms with Crippen molar-refractivity contribution < 1.29 is 13.2 Å². The summed E-state index contributed by atoms with van der Waals surface area (Å²) in [4.78, 5) is 13.6. The number of nitrogens with one attached hydrogen (secondary N) is 2. The standard InChI is InChI=1S/C37H41N5O3S/c1-26-15-17-31(18-16-26)42-35(25-34(40-42)37(2,3)4)39-36(43)38-30-12-7-9-28(24-30)23-27-19-21-41(22-20-27)46(44,45)33-14-8-11-29-10-5-6-13-32(29)33/h5-18,24-25,27H,19-23H2,1-4H3,(H2,38,39,43). The van der Waals surface area contributed by atoms with E-state index >= 15 is 0 Å². The molecule has 46 heavy (non-hydrogen) atoms. The molecule has 5 aromatic rings. The molecule has 1 aliphatic heterocycles. The highest BCUT2D eigenvalue weighted by atomic mass is 32.2. The minimum atomic E-state index is -3.59. The molecule has 8 nitrogen and oxygen atoms in total. The predicted molar refractivity (Wildman–Crippen MR) is 185 cm³/mol. The Labute approximate surface area is 271 Å². The van der Waals surface area contributed by atoms with Gasteiger partial charge in [0.1, 0.15) is 5.82 Å². The van der Waals surface area contributed by atoms with Gasteiger partial charge in [-0.3, -0.25) is 5.32 Å². The van der Waals surface area contributed by atoms with Gasteiger partial charge in [-0.15, -0.1) is 0 Å². The van der Waals surface area contributed by atoms with Gasteiger partial charge in [0.15, 0.2) is 0 Å². The maximum absolute atomic E-state index is 13.6. The lowest BCUT2D eigenvalue weighted by Gasteiger charge is -2.31. The lowest BCUT2D eigenvalue weighted by molar-refractivity contribution is 0.262. The van der Waals surface area contributed by atoms with E-state index in [1.807, 2.05) is 91.9 Å². The van der Waals surface area contributed by atoms with Gasteiger partial charge in [0.05, 0.1) is 16.3 Å². The van der Waals surface area contributed by atoms with E-state index in [1.165, 1.54) is 0 Å². The van der Waals surface area contributed by atoms with E-state index in [1.54, 1.807) is 15.1 Å². The summed E-state index contributed by atoms with van der Waals surface area (Å²) in [5.74, 6) is 0.940. The number of aryl methyl sites for hydroxylation is 1. The Bertz CT molecular complexity index is 1960. The summed E-state index contributed by atoms with van der Waals surface area (Å²) in [6.07, 6.45) is 2.37. The van der Waals surface area contributed by atoms with Crippen molar-refractivity contribution >= 4 is 38.3 Å². The van der Waals surface area contributed by atoms with Crippen LogP contribution in [0.1, 0.15) is 50.4 Å². The molecule has 9 heteroatoms. The molecule has 4 aromatic carbocycles. The van der Waals surface area contributed by atoms with Crippen molar-refractivity contribution in [2.24, 2.45) is 5.92 Å². The Balaban J connectivity index is 1.09. The fourth-order valence-electron chi connectivity index (χ4n) is 6.02. The number of hydrogen-bond donors (Lipinski definition) is 2. The highest BCUT2D eigenvalue weighted by Crippen LogP contribution is 2.31. The van der Waals surface area contributed by atoms with Crippen molar-refractivity contribution in [1.29, 1.82) is 0 Å². The second kappa shape index (κ2) is 12.7. The first-order chi connectivity index (χ1) is 22.0.